The highest BCUT2D eigenvalue weighted by molar-refractivity contribution is 6.31. The van der Waals surface area contributed by atoms with Crippen LogP contribution in [-0.4, -0.2) is 13.0 Å². The predicted molar refractivity (Wildman–Crippen MR) is 113 cm³/mol. The molecule has 0 bridgehead atoms. The fourth-order valence-electron chi connectivity index (χ4n) is 2.78. The lowest BCUT2D eigenvalue weighted by Crippen LogP contribution is -2.17. The molecule has 1 amide bonds. The predicted octanol–water partition coefficient (Wildman–Crippen LogP) is 6.85. The number of carbonyl (C=O) groups excluding carboxylic acids is 1. The zero-order chi connectivity index (χ0) is 22.6. The van der Waals surface area contributed by atoms with Crippen molar-refractivity contribution in [1.29, 1.82) is 0 Å². The van der Waals surface area contributed by atoms with Crippen molar-refractivity contribution in [2.75, 3.05) is 12.4 Å². The molecule has 3 rings (SSSR count). The second kappa shape index (κ2) is 9.49. The Hall–Kier alpha value is -2.90. The van der Waals surface area contributed by atoms with Crippen molar-refractivity contribution < 1.29 is 27.4 Å². The summed E-state index contributed by atoms with van der Waals surface area (Å²) in [7, 11) is 1.46. The minimum atomic E-state index is -4.68. The molecule has 0 saturated carbocycles. The second-order valence-corrected chi connectivity index (χ2v) is 7.28. The Morgan fingerprint density at radius 1 is 0.968 bits per heavy atom. The first-order chi connectivity index (χ1) is 14.7. The molecule has 0 radical (unpaired) electrons. The molecular weight excluding hydrogens is 454 g/mol. The first-order valence-corrected chi connectivity index (χ1v) is 9.66. The zero-order valence-corrected chi connectivity index (χ0v) is 17.6. The highest BCUT2D eigenvalue weighted by atomic mass is 35.5. The van der Waals surface area contributed by atoms with Crippen LogP contribution in [0.1, 0.15) is 21.5 Å². The van der Waals surface area contributed by atoms with Gasteiger partial charge in [0.15, 0.2) is 0 Å². The van der Waals surface area contributed by atoms with Gasteiger partial charge in [0, 0.05) is 21.2 Å². The Balaban J connectivity index is 1.82. The summed E-state index contributed by atoms with van der Waals surface area (Å²) in [6.45, 7) is 0.0701. The molecule has 0 aliphatic rings. The van der Waals surface area contributed by atoms with Crippen molar-refractivity contribution in [1.82, 2.24) is 0 Å². The number of ether oxygens (including phenoxy) is 2. The number of amides is 1. The molecule has 0 saturated heterocycles. The lowest BCUT2D eigenvalue weighted by Gasteiger charge is -2.15. The fourth-order valence-corrected chi connectivity index (χ4v) is 3.08. The molecule has 0 aliphatic heterocycles. The van der Waals surface area contributed by atoms with E-state index in [1.54, 1.807) is 30.3 Å². The van der Waals surface area contributed by atoms with E-state index in [4.69, 9.17) is 32.7 Å². The normalized spacial score (nSPS) is 11.2. The topological polar surface area (TPSA) is 47.6 Å². The van der Waals surface area contributed by atoms with Crippen molar-refractivity contribution in [2.24, 2.45) is 0 Å². The second-order valence-electron chi connectivity index (χ2n) is 6.41. The van der Waals surface area contributed by atoms with Gasteiger partial charge < -0.3 is 14.8 Å². The quantitative estimate of drug-likeness (QED) is 0.429. The van der Waals surface area contributed by atoms with Crippen molar-refractivity contribution in [3.63, 3.8) is 0 Å². The van der Waals surface area contributed by atoms with Gasteiger partial charge in [0.05, 0.1) is 18.4 Å². The molecule has 31 heavy (non-hydrogen) atoms. The molecule has 3 aromatic carbocycles. The number of halogens is 5. The number of methoxy groups -OCH3 is 1. The molecule has 0 unspecified atom stereocenters. The first-order valence-electron chi connectivity index (χ1n) is 8.91. The van der Waals surface area contributed by atoms with Crippen LogP contribution in [0.25, 0.3) is 0 Å². The van der Waals surface area contributed by atoms with Crippen LogP contribution in [0.2, 0.25) is 10.0 Å². The SMILES string of the molecule is COc1ccc(C(=O)Nc2ccc(Cl)cc2C(F)(F)F)cc1COc1ccc(Cl)cc1. The highest BCUT2D eigenvalue weighted by Gasteiger charge is 2.34. The summed E-state index contributed by atoms with van der Waals surface area (Å²) in [5.41, 5.74) is -0.749. The minimum absolute atomic E-state index is 0.0701. The lowest BCUT2D eigenvalue weighted by atomic mass is 10.1. The Morgan fingerprint density at radius 2 is 1.65 bits per heavy atom. The van der Waals surface area contributed by atoms with Gasteiger partial charge >= 0.3 is 6.18 Å². The van der Waals surface area contributed by atoms with Gasteiger partial charge in [-0.15, -0.1) is 0 Å². The maximum atomic E-state index is 13.3. The van der Waals surface area contributed by atoms with Crippen molar-refractivity contribution >= 4 is 34.8 Å². The van der Waals surface area contributed by atoms with Crippen molar-refractivity contribution in [3.8, 4) is 11.5 Å². The average molecular weight is 470 g/mol. The average Bonchev–Trinajstić information content (AvgIpc) is 2.73. The molecule has 0 spiro atoms. The van der Waals surface area contributed by atoms with Crippen LogP contribution in [0, 0.1) is 0 Å². The standard InChI is InChI=1S/C22H16Cl2F3NO3/c1-30-20-9-2-13(10-14(20)12-31-17-6-3-15(23)4-7-17)21(29)28-19-8-5-16(24)11-18(19)22(25,26)27/h2-11H,12H2,1H3,(H,28,29). The van der Waals surface area contributed by atoms with E-state index in [1.165, 1.54) is 25.3 Å². The number of alkyl halides is 3. The molecule has 9 heteroatoms. The van der Waals surface area contributed by atoms with Gasteiger partial charge in [0.2, 0.25) is 0 Å². The van der Waals surface area contributed by atoms with Crippen molar-refractivity contribution in [2.45, 2.75) is 12.8 Å². The molecule has 0 heterocycles. The first kappa shape index (κ1) is 22.8. The molecule has 0 aliphatic carbocycles. The van der Waals surface area contributed by atoms with Crippen LogP contribution >= 0.6 is 23.2 Å². The molecule has 0 aromatic heterocycles. The molecule has 0 atom stereocenters. The molecule has 0 fully saturated rings. The van der Waals surface area contributed by atoms with E-state index in [9.17, 15) is 18.0 Å². The number of nitrogens with one attached hydrogen (secondary N) is 1. The van der Waals surface area contributed by atoms with Gasteiger partial charge in [-0.2, -0.15) is 13.2 Å². The maximum absolute atomic E-state index is 13.3. The van der Waals surface area contributed by atoms with Crippen LogP contribution in [-0.2, 0) is 12.8 Å². The third kappa shape index (κ3) is 5.83. The summed E-state index contributed by atoms with van der Waals surface area (Å²) in [6.07, 6.45) is -4.68. The zero-order valence-electron chi connectivity index (χ0n) is 16.1. The van der Waals surface area contributed by atoms with Gasteiger partial charge in [-0.1, -0.05) is 23.2 Å². The maximum Gasteiger partial charge on any atom is 0.418 e. The Morgan fingerprint density at radius 3 is 2.29 bits per heavy atom. The molecule has 1 N–H and O–H groups in total. The molecular formula is C22H16Cl2F3NO3. The van der Waals surface area contributed by atoms with E-state index in [0.717, 1.165) is 12.1 Å². The number of hydrogen-bond acceptors (Lipinski definition) is 3. The van der Waals surface area contributed by atoms with E-state index >= 15 is 0 Å². The van der Waals surface area contributed by atoms with E-state index in [1.807, 2.05) is 0 Å². The molecule has 162 valence electrons. The highest BCUT2D eigenvalue weighted by Crippen LogP contribution is 2.36. The summed E-state index contributed by atoms with van der Waals surface area (Å²) in [6, 6.07) is 14.3. The summed E-state index contributed by atoms with van der Waals surface area (Å²) in [5, 5.41) is 2.76. The number of hydrogen-bond donors (Lipinski definition) is 1. The van der Waals surface area contributed by atoms with E-state index in [-0.39, 0.29) is 17.2 Å². The number of benzene rings is 3. The Kier molecular flexibility index (Phi) is 6.97. The van der Waals surface area contributed by atoms with E-state index < -0.39 is 23.3 Å². The van der Waals surface area contributed by atoms with Crippen molar-refractivity contribution in [3.05, 3.63) is 87.4 Å². The van der Waals surface area contributed by atoms with Gasteiger partial charge in [-0.05, 0) is 60.7 Å². The van der Waals surface area contributed by atoms with E-state index in [2.05, 4.69) is 5.32 Å². The van der Waals surface area contributed by atoms with E-state index in [0.29, 0.717) is 22.1 Å². The third-order valence-electron chi connectivity index (χ3n) is 4.29. The minimum Gasteiger partial charge on any atom is -0.496 e. The fraction of sp³-hybridized carbons (Fsp3) is 0.136. The van der Waals surface area contributed by atoms with Crippen LogP contribution in [0.4, 0.5) is 18.9 Å². The third-order valence-corrected chi connectivity index (χ3v) is 4.77. The Labute approximate surface area is 186 Å². The van der Waals surface area contributed by atoms with Gasteiger partial charge in [-0.25, -0.2) is 0 Å². The lowest BCUT2D eigenvalue weighted by molar-refractivity contribution is -0.136. The molecule has 3 aromatic rings. The van der Waals surface area contributed by atoms with Gasteiger partial charge in [0.25, 0.3) is 5.91 Å². The van der Waals surface area contributed by atoms with Crippen LogP contribution in [0.3, 0.4) is 0 Å². The molecule has 4 nitrogen and oxygen atoms in total. The summed E-state index contributed by atoms with van der Waals surface area (Å²) in [5.74, 6) is 0.300. The van der Waals surface area contributed by atoms with Crippen LogP contribution in [0.5, 0.6) is 11.5 Å². The largest absolute Gasteiger partial charge is 0.496 e. The van der Waals surface area contributed by atoms with Gasteiger partial charge in [0.1, 0.15) is 18.1 Å². The van der Waals surface area contributed by atoms with Gasteiger partial charge in [-0.3, -0.25) is 4.79 Å². The van der Waals surface area contributed by atoms with Crippen LogP contribution < -0.4 is 14.8 Å². The monoisotopic (exact) mass is 469 g/mol. The summed E-state index contributed by atoms with van der Waals surface area (Å²) >= 11 is 11.5. The summed E-state index contributed by atoms with van der Waals surface area (Å²) < 4.78 is 50.8. The Bertz CT molecular complexity index is 1090. The smallest absolute Gasteiger partial charge is 0.418 e. The number of anilines is 1. The van der Waals surface area contributed by atoms with Crippen LogP contribution in [0.15, 0.2) is 60.7 Å². The summed E-state index contributed by atoms with van der Waals surface area (Å²) in [4.78, 5) is 12.6. The number of carbonyl (C=O) groups is 1. The number of rotatable bonds is 6.